The molecule has 2 heterocycles. The van der Waals surface area contributed by atoms with Gasteiger partial charge >= 0.3 is 12.4 Å². The Hall–Kier alpha value is -4.74. The molecule has 1 aliphatic carbocycles. The Labute approximate surface area is 281 Å². The summed E-state index contributed by atoms with van der Waals surface area (Å²) in [5.41, 5.74) is -2.60. The van der Waals surface area contributed by atoms with Crippen molar-refractivity contribution in [1.29, 1.82) is 0 Å². The van der Waals surface area contributed by atoms with Gasteiger partial charge in [-0.05, 0) is 61.6 Å². The molecule has 0 spiro atoms. The van der Waals surface area contributed by atoms with Gasteiger partial charge in [0.05, 0.1) is 33.3 Å². The molecule has 0 radical (unpaired) electrons. The number of nitrogens with zero attached hydrogens (tertiary/aromatic N) is 2. The van der Waals surface area contributed by atoms with E-state index in [1.165, 1.54) is 12.1 Å². The number of amides is 2. The van der Waals surface area contributed by atoms with E-state index in [0.29, 0.717) is 0 Å². The lowest BCUT2D eigenvalue weighted by Crippen LogP contribution is -2.40. The normalized spacial score (nSPS) is 16.8. The number of anilines is 2. The third-order valence-corrected chi connectivity index (χ3v) is 8.15. The summed E-state index contributed by atoms with van der Waals surface area (Å²) in [6, 6.07) is 6.93. The van der Waals surface area contributed by atoms with Crippen molar-refractivity contribution in [1.82, 2.24) is 25.6 Å². The number of carbonyl (C=O) groups is 2. The number of hydrogen-bond donors (Lipinski definition) is 4. The van der Waals surface area contributed by atoms with E-state index in [-0.39, 0.29) is 65.5 Å². The van der Waals surface area contributed by atoms with E-state index >= 15 is 0 Å². The van der Waals surface area contributed by atoms with Crippen molar-refractivity contribution >= 4 is 46.2 Å². The number of benzene rings is 2. The lowest BCUT2D eigenvalue weighted by molar-refractivity contribution is -0.182. The summed E-state index contributed by atoms with van der Waals surface area (Å²) >= 11 is 5.91. The third kappa shape index (κ3) is 8.70. The molecule has 1 fully saturated rings. The molecule has 0 bridgehead atoms. The maximum Gasteiger partial charge on any atom is 0.418 e. The van der Waals surface area contributed by atoms with E-state index in [1.807, 2.05) is 0 Å². The monoisotopic (exact) mass is 736 g/mol. The van der Waals surface area contributed by atoms with Gasteiger partial charge in [-0.15, -0.1) is 0 Å². The Morgan fingerprint density at radius 2 is 1.70 bits per heavy atom. The molecule has 2 aromatic heterocycles. The van der Waals surface area contributed by atoms with Crippen LogP contribution < -0.4 is 20.7 Å². The van der Waals surface area contributed by atoms with Crippen molar-refractivity contribution in [3.63, 3.8) is 0 Å². The van der Waals surface area contributed by atoms with Crippen molar-refractivity contribution < 1.29 is 53.8 Å². The molecule has 0 atom stereocenters. The lowest BCUT2D eigenvalue weighted by Gasteiger charge is -2.30. The average Bonchev–Trinajstić information content (AvgIpc) is 3.42. The highest BCUT2D eigenvalue weighted by Crippen LogP contribution is 2.38. The van der Waals surface area contributed by atoms with Crippen LogP contribution in [0.25, 0.3) is 11.2 Å². The second-order valence-electron chi connectivity index (χ2n) is 11.3. The summed E-state index contributed by atoms with van der Waals surface area (Å²) in [4.78, 5) is 36.4. The van der Waals surface area contributed by atoms with Gasteiger partial charge in [-0.25, -0.2) is 13.2 Å². The average molecular weight is 737 g/mol. The lowest BCUT2D eigenvalue weighted by atomic mass is 9.85. The number of aromatic amines is 1. The van der Waals surface area contributed by atoms with Crippen molar-refractivity contribution in [2.24, 2.45) is 5.92 Å². The van der Waals surface area contributed by atoms with Gasteiger partial charge in [0.25, 0.3) is 18.2 Å². The van der Waals surface area contributed by atoms with Crippen LogP contribution in [0.3, 0.4) is 0 Å². The smallest absolute Gasteiger partial charge is 0.418 e. The molecule has 9 nitrogen and oxygen atoms in total. The predicted molar refractivity (Wildman–Crippen MR) is 162 cm³/mol. The molecule has 0 aliphatic heterocycles. The van der Waals surface area contributed by atoms with Gasteiger partial charge in [0, 0.05) is 12.6 Å². The molecule has 1 aliphatic rings. The first-order valence-corrected chi connectivity index (χ1v) is 15.3. The number of carbonyl (C=O) groups excluding carboxylic acids is 2. The summed E-state index contributed by atoms with van der Waals surface area (Å²) in [7, 11) is 0. The Balaban J connectivity index is 1.39. The van der Waals surface area contributed by atoms with E-state index in [4.69, 9.17) is 16.3 Å². The van der Waals surface area contributed by atoms with Gasteiger partial charge in [0.1, 0.15) is 11.4 Å². The van der Waals surface area contributed by atoms with Crippen molar-refractivity contribution in [3.8, 4) is 5.88 Å². The number of alkyl halides is 8. The van der Waals surface area contributed by atoms with E-state index in [9.17, 15) is 49.1 Å². The number of hydrogen-bond acceptors (Lipinski definition) is 6. The Kier molecular flexibility index (Phi) is 10.7. The standard InChI is InChI=1S/C31H26ClF9N6O3/c32-19-2-1-3-20(33)24(19)27(49)42-12-14-4-9-18(31(39,40)41)21(10-14)44-29-45-22-11-17(28(46-25(22)47-29)50-13-23(34)35)26(48)43-16-7-5-15(6-8-16)30(36,37)38/h1-4,9-11,15-16,23H,5-8,12-13H2,(H,42,49)(H,43,48)(H2,44,45,46,47). The van der Waals surface area contributed by atoms with Gasteiger partial charge in [-0.2, -0.15) is 36.3 Å². The molecule has 50 heavy (non-hydrogen) atoms. The topological polar surface area (TPSA) is 121 Å². The molecule has 2 amide bonds. The molecule has 2 aromatic carbocycles. The second-order valence-corrected chi connectivity index (χ2v) is 11.8. The SMILES string of the molecule is O=C(NC1CCC(C(F)(F)F)CC1)c1cc2[nH]c(Nc3cc(CNC(=O)c4c(F)cccc4Cl)ccc3C(F)(F)F)nc2nc1OCC(F)F. The zero-order chi connectivity index (χ0) is 36.4. The van der Waals surface area contributed by atoms with Crippen LogP contribution in [0, 0.1) is 11.7 Å². The van der Waals surface area contributed by atoms with Crippen LogP contribution in [0.2, 0.25) is 5.02 Å². The van der Waals surface area contributed by atoms with Crippen LogP contribution in [0.1, 0.15) is 57.5 Å². The first kappa shape index (κ1) is 36.5. The minimum absolute atomic E-state index is 0.0120. The molecular weight excluding hydrogens is 711 g/mol. The third-order valence-electron chi connectivity index (χ3n) is 7.84. The van der Waals surface area contributed by atoms with Crippen molar-refractivity contribution in [2.45, 2.75) is 57.0 Å². The summed E-state index contributed by atoms with van der Waals surface area (Å²) in [6.45, 7) is -1.51. The van der Waals surface area contributed by atoms with Gasteiger partial charge < -0.3 is 25.7 Å². The molecule has 4 aromatic rings. The van der Waals surface area contributed by atoms with E-state index in [1.54, 1.807) is 0 Å². The summed E-state index contributed by atoms with van der Waals surface area (Å²) in [5.74, 6) is -5.11. The van der Waals surface area contributed by atoms with E-state index in [2.05, 4.69) is 30.9 Å². The van der Waals surface area contributed by atoms with Crippen LogP contribution >= 0.6 is 11.6 Å². The zero-order valence-electron chi connectivity index (χ0n) is 25.4. The number of ether oxygens (including phenoxy) is 1. The predicted octanol–water partition coefficient (Wildman–Crippen LogP) is 7.94. The largest absolute Gasteiger partial charge is 0.471 e. The van der Waals surface area contributed by atoms with Crippen LogP contribution in [-0.2, 0) is 12.7 Å². The van der Waals surface area contributed by atoms with Crippen LogP contribution in [0.4, 0.5) is 51.1 Å². The fourth-order valence-electron chi connectivity index (χ4n) is 5.39. The Morgan fingerprint density at radius 3 is 2.34 bits per heavy atom. The molecule has 5 rings (SSSR count). The molecular formula is C31H26ClF9N6O3. The number of imidazole rings is 1. The highest BCUT2D eigenvalue weighted by molar-refractivity contribution is 6.33. The Morgan fingerprint density at radius 1 is 0.980 bits per heavy atom. The first-order valence-electron chi connectivity index (χ1n) is 14.9. The van der Waals surface area contributed by atoms with E-state index < -0.39 is 77.7 Å². The highest BCUT2D eigenvalue weighted by atomic mass is 35.5. The van der Waals surface area contributed by atoms with Crippen LogP contribution in [0.15, 0.2) is 42.5 Å². The zero-order valence-corrected chi connectivity index (χ0v) is 26.2. The first-order chi connectivity index (χ1) is 23.5. The summed E-state index contributed by atoms with van der Waals surface area (Å²) in [6.07, 6.45) is -12.6. The quantitative estimate of drug-likeness (QED) is 0.123. The molecule has 4 N–H and O–H groups in total. The minimum atomic E-state index is -4.87. The number of aromatic nitrogens is 3. The van der Waals surface area contributed by atoms with E-state index in [0.717, 1.165) is 30.3 Å². The summed E-state index contributed by atoms with van der Waals surface area (Å²) in [5, 5.41) is 7.25. The number of nitrogens with one attached hydrogen (secondary N) is 4. The molecule has 1 saturated carbocycles. The minimum Gasteiger partial charge on any atom is -0.471 e. The van der Waals surface area contributed by atoms with Crippen LogP contribution in [0.5, 0.6) is 5.88 Å². The van der Waals surface area contributed by atoms with Crippen molar-refractivity contribution in [2.75, 3.05) is 11.9 Å². The van der Waals surface area contributed by atoms with Gasteiger partial charge in [-0.3, -0.25) is 9.59 Å². The van der Waals surface area contributed by atoms with Gasteiger partial charge in [-0.1, -0.05) is 23.7 Å². The summed E-state index contributed by atoms with van der Waals surface area (Å²) < 4.78 is 126. The number of rotatable bonds is 10. The number of pyridine rings is 1. The Bertz CT molecular complexity index is 1850. The fourth-order valence-corrected chi connectivity index (χ4v) is 5.64. The number of fused-ring (bicyclic) bond motifs is 1. The van der Waals surface area contributed by atoms with Gasteiger partial charge in [0.15, 0.2) is 12.3 Å². The fraction of sp³-hybridized carbons (Fsp3) is 0.355. The van der Waals surface area contributed by atoms with Crippen LogP contribution in [-0.4, -0.2) is 52.0 Å². The highest BCUT2D eigenvalue weighted by Gasteiger charge is 2.41. The second kappa shape index (κ2) is 14.6. The molecule has 0 unspecified atom stereocenters. The molecule has 19 heteroatoms. The van der Waals surface area contributed by atoms with Gasteiger partial charge in [0.2, 0.25) is 11.8 Å². The molecule has 0 saturated heterocycles. The molecule has 268 valence electrons. The maximum absolute atomic E-state index is 14.1. The van der Waals surface area contributed by atoms with Crippen molar-refractivity contribution in [3.05, 3.63) is 75.6 Å². The number of H-pyrrole nitrogens is 1. The number of halogens is 10. The maximum atomic E-state index is 14.1.